The zero-order valence-electron chi connectivity index (χ0n) is 32.9. The second kappa shape index (κ2) is 19.1. The number of hydrogen-bond donors (Lipinski definition) is 4. The number of morpholine rings is 1. The summed E-state index contributed by atoms with van der Waals surface area (Å²) in [5.41, 5.74) is 4.03. The maximum atomic E-state index is 13.5. The molecule has 5 aromatic rings. The number of nitrogens with one attached hydrogen (secondary N) is 3. The molecular weight excluding hydrogens is 747 g/mol. The number of aromatic hydroxyl groups is 1. The zero-order chi connectivity index (χ0) is 39.8. The highest BCUT2D eigenvalue weighted by Crippen LogP contribution is 2.40. The molecule has 4 aromatic carbocycles. The van der Waals surface area contributed by atoms with Gasteiger partial charge in [-0.1, -0.05) is 51.1 Å². The number of benzene rings is 4. The molecular formula is C43H51N5O8S. The normalized spacial score (nSPS) is 13.6. The molecule has 57 heavy (non-hydrogen) atoms. The van der Waals surface area contributed by atoms with E-state index in [4.69, 9.17) is 14.2 Å². The third-order valence-electron chi connectivity index (χ3n) is 9.54. The van der Waals surface area contributed by atoms with Crippen molar-refractivity contribution >= 4 is 50.6 Å². The van der Waals surface area contributed by atoms with Crippen LogP contribution in [-0.4, -0.2) is 82.7 Å². The Morgan fingerprint density at radius 1 is 0.930 bits per heavy atom. The van der Waals surface area contributed by atoms with E-state index in [0.717, 1.165) is 66.9 Å². The molecule has 1 aliphatic rings. The van der Waals surface area contributed by atoms with Crippen molar-refractivity contribution in [3.8, 4) is 23.0 Å². The van der Waals surface area contributed by atoms with Crippen molar-refractivity contribution in [1.82, 2.24) is 9.88 Å². The number of Topliss-reactive ketones (excluding diaryl/α,β-unsaturated/α-hetero) is 1. The lowest BCUT2D eigenvalue weighted by molar-refractivity contribution is 0.0371. The first kappa shape index (κ1) is 42.6. The summed E-state index contributed by atoms with van der Waals surface area (Å²) in [6.45, 7) is 10.2. The van der Waals surface area contributed by atoms with Gasteiger partial charge in [0.2, 0.25) is 0 Å². The lowest BCUT2D eigenvalue weighted by atomic mass is 9.86. The Morgan fingerprint density at radius 2 is 1.65 bits per heavy atom. The minimum Gasteiger partial charge on any atom is -0.507 e. The van der Waals surface area contributed by atoms with Gasteiger partial charge in [0, 0.05) is 60.9 Å². The van der Waals surface area contributed by atoms with Crippen LogP contribution in [0.5, 0.6) is 23.0 Å². The summed E-state index contributed by atoms with van der Waals surface area (Å²) in [5.74, 6) is 1.41. The molecule has 302 valence electrons. The number of carbonyl (C=O) groups is 2. The number of ether oxygens (including phenoxy) is 3. The van der Waals surface area contributed by atoms with Crippen LogP contribution in [0.3, 0.4) is 0 Å². The number of rotatable bonds is 14. The van der Waals surface area contributed by atoms with Crippen molar-refractivity contribution in [2.75, 3.05) is 61.6 Å². The summed E-state index contributed by atoms with van der Waals surface area (Å²) in [7, 11) is 0.137. The molecule has 6 N–H and O–H groups in total. The molecule has 2 heterocycles. The number of anilines is 3. The van der Waals surface area contributed by atoms with Gasteiger partial charge in [-0.25, -0.2) is 9.00 Å². The van der Waals surface area contributed by atoms with Crippen LogP contribution in [0.2, 0.25) is 0 Å². The highest BCUT2D eigenvalue weighted by Gasteiger charge is 2.22. The Balaban J connectivity index is 0.00000620. The monoisotopic (exact) mass is 797 g/mol. The zero-order valence-corrected chi connectivity index (χ0v) is 33.8. The van der Waals surface area contributed by atoms with Gasteiger partial charge in [-0.05, 0) is 72.0 Å². The van der Waals surface area contributed by atoms with E-state index >= 15 is 0 Å². The van der Waals surface area contributed by atoms with Crippen molar-refractivity contribution in [3.63, 3.8) is 0 Å². The van der Waals surface area contributed by atoms with Crippen molar-refractivity contribution in [3.05, 3.63) is 107 Å². The molecule has 0 aliphatic carbocycles. The molecule has 1 saturated heterocycles. The molecule has 0 saturated carbocycles. The molecule has 2 amide bonds. The van der Waals surface area contributed by atoms with E-state index in [9.17, 15) is 18.9 Å². The number of ketones is 1. The van der Waals surface area contributed by atoms with Crippen LogP contribution in [0.25, 0.3) is 10.8 Å². The number of methoxy groups -OCH3 is 1. The van der Waals surface area contributed by atoms with Crippen LogP contribution in [0, 0.1) is 0 Å². The average molecular weight is 798 g/mol. The van der Waals surface area contributed by atoms with Crippen LogP contribution in [0.1, 0.15) is 60.8 Å². The SMILES string of the molecule is COc1c(NC(=O)Nc2ccc(Oc3ccnc(Cc4ccc(C(=O)CCCN5CCOCC5)c(O)c4)c3)c3ccccc23)cc(C(C)(C)C)cc1NS(C)=O.O. The predicted octanol–water partition coefficient (Wildman–Crippen LogP) is 7.45. The molecule has 14 heteroatoms. The summed E-state index contributed by atoms with van der Waals surface area (Å²) in [6.07, 6.45) is 4.72. The average Bonchev–Trinajstić information content (AvgIpc) is 3.16. The van der Waals surface area contributed by atoms with E-state index in [1.165, 1.54) is 13.4 Å². The van der Waals surface area contributed by atoms with E-state index in [0.29, 0.717) is 52.7 Å². The molecule has 1 aliphatic heterocycles. The van der Waals surface area contributed by atoms with Gasteiger partial charge in [0.05, 0.1) is 42.9 Å². The molecule has 1 fully saturated rings. The minimum atomic E-state index is -1.36. The fourth-order valence-electron chi connectivity index (χ4n) is 6.65. The van der Waals surface area contributed by atoms with Gasteiger partial charge >= 0.3 is 6.03 Å². The number of aromatic nitrogens is 1. The number of phenols is 1. The van der Waals surface area contributed by atoms with Crippen molar-refractivity contribution in [1.29, 1.82) is 0 Å². The largest absolute Gasteiger partial charge is 0.507 e. The molecule has 1 atom stereocenters. The highest BCUT2D eigenvalue weighted by molar-refractivity contribution is 7.85. The number of fused-ring (bicyclic) bond motifs is 1. The maximum Gasteiger partial charge on any atom is 0.323 e. The van der Waals surface area contributed by atoms with Gasteiger partial charge in [0.25, 0.3) is 0 Å². The first-order valence-corrected chi connectivity index (χ1v) is 20.1. The molecule has 0 bridgehead atoms. The summed E-state index contributed by atoms with van der Waals surface area (Å²) >= 11 is 0. The molecule has 6 rings (SSSR count). The number of urea groups is 1. The van der Waals surface area contributed by atoms with Crippen molar-refractivity contribution < 1.29 is 38.6 Å². The first-order valence-electron chi connectivity index (χ1n) is 18.6. The Hall–Kier alpha value is -5.54. The second-order valence-electron chi connectivity index (χ2n) is 14.7. The number of nitrogens with zero attached hydrogens (tertiary/aromatic N) is 2. The minimum absolute atomic E-state index is 0. The molecule has 1 unspecified atom stereocenters. The van der Waals surface area contributed by atoms with Crippen LogP contribution < -0.4 is 24.8 Å². The fraction of sp³-hybridized carbons (Fsp3) is 0.326. The lowest BCUT2D eigenvalue weighted by Gasteiger charge is -2.26. The number of phenolic OH excluding ortho intramolecular Hbond substituents is 1. The van der Waals surface area contributed by atoms with Gasteiger partial charge in [-0.2, -0.15) is 0 Å². The molecule has 0 spiro atoms. The lowest BCUT2D eigenvalue weighted by Crippen LogP contribution is -2.36. The summed E-state index contributed by atoms with van der Waals surface area (Å²) in [6, 6.07) is 23.2. The van der Waals surface area contributed by atoms with Gasteiger partial charge in [-0.15, -0.1) is 0 Å². The van der Waals surface area contributed by atoms with Gasteiger partial charge in [0.1, 0.15) is 28.2 Å². The van der Waals surface area contributed by atoms with Crippen LogP contribution >= 0.6 is 0 Å². The van der Waals surface area contributed by atoms with E-state index < -0.39 is 17.0 Å². The summed E-state index contributed by atoms with van der Waals surface area (Å²) in [5, 5.41) is 18.2. The van der Waals surface area contributed by atoms with Crippen LogP contribution in [-0.2, 0) is 27.6 Å². The second-order valence-corrected chi connectivity index (χ2v) is 15.9. The molecule has 0 radical (unpaired) electrons. The Morgan fingerprint density at radius 3 is 2.35 bits per heavy atom. The Labute approximate surface area is 335 Å². The third kappa shape index (κ3) is 11.1. The number of carbonyl (C=O) groups excluding carboxylic acids is 2. The maximum absolute atomic E-state index is 13.5. The van der Waals surface area contributed by atoms with Crippen LogP contribution in [0.4, 0.5) is 21.9 Å². The Kier molecular flexibility index (Phi) is 14.3. The van der Waals surface area contributed by atoms with E-state index in [-0.39, 0.29) is 22.4 Å². The summed E-state index contributed by atoms with van der Waals surface area (Å²) in [4.78, 5) is 33.2. The number of hydrogen-bond acceptors (Lipinski definition) is 9. The molecule has 1 aromatic heterocycles. The van der Waals surface area contributed by atoms with Crippen molar-refractivity contribution in [2.45, 2.75) is 45.4 Å². The van der Waals surface area contributed by atoms with Gasteiger partial charge in [0.15, 0.2) is 11.5 Å². The quantitative estimate of drug-likeness (QED) is 0.0830. The third-order valence-corrected chi connectivity index (χ3v) is 10.0. The van der Waals surface area contributed by atoms with Gasteiger partial charge < -0.3 is 40.1 Å². The highest BCUT2D eigenvalue weighted by atomic mass is 32.2. The van der Waals surface area contributed by atoms with E-state index in [2.05, 4.69) is 46.0 Å². The number of pyridine rings is 1. The first-order chi connectivity index (χ1) is 26.9. The van der Waals surface area contributed by atoms with E-state index in [1.807, 2.05) is 48.5 Å². The Bertz CT molecular complexity index is 2240. The smallest absolute Gasteiger partial charge is 0.323 e. The van der Waals surface area contributed by atoms with Crippen LogP contribution in [0.15, 0.2) is 85.1 Å². The fourth-order valence-corrected chi connectivity index (χ4v) is 7.11. The predicted molar refractivity (Wildman–Crippen MR) is 226 cm³/mol. The van der Waals surface area contributed by atoms with Crippen molar-refractivity contribution in [2.24, 2.45) is 0 Å². The van der Waals surface area contributed by atoms with Gasteiger partial charge in [-0.3, -0.25) is 14.7 Å². The molecule has 13 nitrogen and oxygen atoms in total. The van der Waals surface area contributed by atoms with E-state index in [1.54, 1.807) is 36.5 Å². The number of amides is 2. The standard InChI is InChI=1S/C43H49N5O7S.H2O/c1-43(2,3)29-25-36(41(53-4)37(26-29)47-56(5)52)46-42(51)45-35-14-15-40(33-10-7-6-9-32(33)35)55-31-16-17-44-30(27-31)23-28-12-13-34(39(50)24-28)38(49)11-8-18-48-19-21-54-22-20-48;/h6-7,9-10,12-17,24-27,47,50H,8,11,18-23H2,1-5H3,(H2,45,46,51);1H2. The topological polar surface area (TPSA) is 183 Å². The summed E-state index contributed by atoms with van der Waals surface area (Å²) < 4.78 is 32.4.